The van der Waals surface area contributed by atoms with E-state index in [1.54, 1.807) is 12.1 Å². The van der Waals surface area contributed by atoms with E-state index in [9.17, 15) is 25.0 Å². The highest BCUT2D eigenvalue weighted by Crippen LogP contribution is 2.43. The Hall–Kier alpha value is -3.34. The summed E-state index contributed by atoms with van der Waals surface area (Å²) in [7, 11) is 0. The SMILES string of the molecule is CC(C)(C)CC(C)(C)c1cc(Br)c(OCC(=O)N/N=C/c2cccc([N+](=O)[O-])c2)c([N+](=O)[O-])c1. The van der Waals surface area contributed by atoms with Crippen molar-refractivity contribution in [1.82, 2.24) is 5.43 Å². The molecule has 2 aromatic carbocycles. The summed E-state index contributed by atoms with van der Waals surface area (Å²) < 4.78 is 5.82. The van der Waals surface area contributed by atoms with E-state index < -0.39 is 22.4 Å². The number of nitro benzene ring substituents is 2. The first kappa shape index (κ1) is 26.9. The van der Waals surface area contributed by atoms with Crippen LogP contribution in [0.15, 0.2) is 46.0 Å². The van der Waals surface area contributed by atoms with E-state index in [0.717, 1.165) is 12.0 Å². The number of benzene rings is 2. The van der Waals surface area contributed by atoms with E-state index in [1.807, 2.05) is 13.8 Å². The lowest BCUT2D eigenvalue weighted by atomic mass is 9.72. The highest BCUT2D eigenvalue weighted by atomic mass is 79.9. The van der Waals surface area contributed by atoms with Crippen LogP contribution in [0.4, 0.5) is 11.4 Å². The Morgan fingerprint density at radius 2 is 1.79 bits per heavy atom. The van der Waals surface area contributed by atoms with E-state index in [2.05, 4.69) is 47.2 Å². The van der Waals surface area contributed by atoms with Crippen molar-refractivity contribution in [2.75, 3.05) is 6.61 Å². The van der Waals surface area contributed by atoms with Crippen LogP contribution in [0.5, 0.6) is 5.75 Å². The smallest absolute Gasteiger partial charge is 0.312 e. The first-order chi connectivity index (χ1) is 15.7. The molecular weight excluding hydrogens is 508 g/mol. The molecule has 2 rings (SSSR count). The van der Waals surface area contributed by atoms with Crippen LogP contribution in [-0.4, -0.2) is 28.6 Å². The number of hydrogen-bond donors (Lipinski definition) is 1. The van der Waals surface area contributed by atoms with Gasteiger partial charge in [-0.25, -0.2) is 5.43 Å². The lowest BCUT2D eigenvalue weighted by Gasteiger charge is -2.33. The molecule has 0 aliphatic heterocycles. The fourth-order valence-corrected chi connectivity index (χ4v) is 4.31. The molecule has 0 saturated carbocycles. The summed E-state index contributed by atoms with van der Waals surface area (Å²) in [6.45, 7) is 9.85. The van der Waals surface area contributed by atoms with Gasteiger partial charge in [-0.2, -0.15) is 5.10 Å². The molecule has 0 atom stereocenters. The average Bonchev–Trinajstić information content (AvgIpc) is 2.70. The van der Waals surface area contributed by atoms with Crippen molar-refractivity contribution in [2.24, 2.45) is 10.5 Å². The summed E-state index contributed by atoms with van der Waals surface area (Å²) in [4.78, 5) is 33.6. The fourth-order valence-electron chi connectivity index (χ4n) is 3.74. The molecule has 0 bridgehead atoms. The van der Waals surface area contributed by atoms with Gasteiger partial charge in [-0.3, -0.25) is 25.0 Å². The Morgan fingerprint density at radius 3 is 2.38 bits per heavy atom. The molecule has 182 valence electrons. The fraction of sp³-hybridized carbons (Fsp3) is 0.391. The van der Waals surface area contributed by atoms with Crippen LogP contribution in [0, 0.1) is 25.6 Å². The third kappa shape index (κ3) is 7.62. The van der Waals surface area contributed by atoms with Gasteiger partial charge in [-0.1, -0.05) is 46.8 Å². The maximum atomic E-state index is 12.1. The van der Waals surface area contributed by atoms with Crippen molar-refractivity contribution in [3.8, 4) is 5.75 Å². The number of nitro groups is 2. The minimum atomic E-state index is -0.653. The van der Waals surface area contributed by atoms with Crippen LogP contribution < -0.4 is 10.2 Å². The molecule has 0 aromatic heterocycles. The summed E-state index contributed by atoms with van der Waals surface area (Å²) >= 11 is 3.34. The van der Waals surface area contributed by atoms with Crippen molar-refractivity contribution in [1.29, 1.82) is 0 Å². The van der Waals surface area contributed by atoms with Gasteiger partial charge < -0.3 is 4.74 Å². The summed E-state index contributed by atoms with van der Waals surface area (Å²) in [6.07, 6.45) is 2.05. The van der Waals surface area contributed by atoms with Gasteiger partial charge in [0.25, 0.3) is 11.6 Å². The maximum absolute atomic E-state index is 12.1. The molecule has 0 saturated heterocycles. The topological polar surface area (TPSA) is 137 Å². The number of carbonyl (C=O) groups is 1. The first-order valence-electron chi connectivity index (χ1n) is 10.4. The number of amides is 1. The lowest BCUT2D eigenvalue weighted by molar-refractivity contribution is -0.386. The van der Waals surface area contributed by atoms with Crippen molar-refractivity contribution >= 4 is 39.4 Å². The second kappa shape index (κ2) is 10.7. The van der Waals surface area contributed by atoms with Gasteiger partial charge in [0.1, 0.15) is 0 Å². The Labute approximate surface area is 205 Å². The molecule has 0 aliphatic carbocycles. The molecule has 1 N–H and O–H groups in total. The van der Waals surface area contributed by atoms with Gasteiger partial charge in [-0.05, 0) is 44.8 Å². The van der Waals surface area contributed by atoms with Crippen LogP contribution in [0.3, 0.4) is 0 Å². The van der Waals surface area contributed by atoms with Gasteiger partial charge in [0.15, 0.2) is 6.61 Å². The normalized spacial score (nSPS) is 11.9. The molecule has 0 radical (unpaired) electrons. The molecule has 1 amide bonds. The zero-order valence-electron chi connectivity index (χ0n) is 19.6. The van der Waals surface area contributed by atoms with Crippen LogP contribution in [-0.2, 0) is 10.2 Å². The number of hydrogen-bond acceptors (Lipinski definition) is 7. The van der Waals surface area contributed by atoms with Gasteiger partial charge >= 0.3 is 5.69 Å². The monoisotopic (exact) mass is 534 g/mol. The molecule has 34 heavy (non-hydrogen) atoms. The zero-order chi connectivity index (χ0) is 25.7. The minimum absolute atomic E-state index is 0.0171. The molecule has 11 heteroatoms. The second-order valence-electron chi connectivity index (χ2n) is 9.62. The van der Waals surface area contributed by atoms with Gasteiger partial charge in [0.2, 0.25) is 5.75 Å². The summed E-state index contributed by atoms with van der Waals surface area (Å²) in [5.41, 5.74) is 2.76. The van der Waals surface area contributed by atoms with E-state index in [-0.39, 0.29) is 28.0 Å². The van der Waals surface area contributed by atoms with E-state index >= 15 is 0 Å². The molecule has 0 unspecified atom stereocenters. The predicted molar refractivity (Wildman–Crippen MR) is 132 cm³/mol. The van der Waals surface area contributed by atoms with Gasteiger partial charge in [-0.15, -0.1) is 0 Å². The van der Waals surface area contributed by atoms with Crippen molar-refractivity contribution in [3.63, 3.8) is 0 Å². The van der Waals surface area contributed by atoms with Crippen molar-refractivity contribution < 1.29 is 19.4 Å². The third-order valence-electron chi connectivity index (χ3n) is 4.81. The van der Waals surface area contributed by atoms with Crippen molar-refractivity contribution in [2.45, 2.75) is 46.5 Å². The number of non-ortho nitro benzene ring substituents is 1. The molecule has 0 aliphatic rings. The Bertz CT molecular complexity index is 1120. The molecular formula is C23H27BrN4O6. The van der Waals surface area contributed by atoms with E-state index in [0.29, 0.717) is 10.0 Å². The lowest BCUT2D eigenvalue weighted by Crippen LogP contribution is -2.26. The van der Waals surface area contributed by atoms with E-state index in [4.69, 9.17) is 4.74 Å². The third-order valence-corrected chi connectivity index (χ3v) is 5.39. The molecule has 10 nitrogen and oxygen atoms in total. The largest absolute Gasteiger partial charge is 0.476 e. The quantitative estimate of drug-likeness (QED) is 0.255. The number of nitrogens with one attached hydrogen (secondary N) is 1. The number of nitrogens with zero attached hydrogens (tertiary/aromatic N) is 3. The number of hydrazone groups is 1. The first-order valence-corrected chi connectivity index (χ1v) is 11.2. The molecule has 0 spiro atoms. The number of ether oxygens (including phenoxy) is 1. The maximum Gasteiger partial charge on any atom is 0.312 e. The second-order valence-corrected chi connectivity index (χ2v) is 10.5. The van der Waals surface area contributed by atoms with Crippen LogP contribution >= 0.6 is 15.9 Å². The summed E-state index contributed by atoms with van der Waals surface area (Å²) in [6, 6.07) is 8.96. The van der Waals surface area contributed by atoms with Crippen LogP contribution in [0.1, 0.15) is 52.2 Å². The highest BCUT2D eigenvalue weighted by Gasteiger charge is 2.31. The summed E-state index contributed by atoms with van der Waals surface area (Å²) in [5, 5.41) is 26.3. The standard InChI is InChI=1S/C23H27BrN4O6/c1-22(2,3)14-23(4,5)16-10-18(24)21(19(11-16)28(32)33)34-13-20(29)26-25-12-15-7-6-8-17(9-15)27(30)31/h6-12H,13-14H2,1-5H3,(H,26,29)/b25-12+. The average molecular weight is 535 g/mol. The Morgan fingerprint density at radius 1 is 1.12 bits per heavy atom. The molecule has 0 heterocycles. The number of carbonyl (C=O) groups excluding carboxylic acids is 1. The van der Waals surface area contributed by atoms with Gasteiger partial charge in [0, 0.05) is 23.8 Å². The van der Waals surface area contributed by atoms with Gasteiger partial charge in [0.05, 0.1) is 20.5 Å². The predicted octanol–water partition coefficient (Wildman–Crippen LogP) is 5.51. The minimum Gasteiger partial charge on any atom is -0.476 e. The number of rotatable bonds is 9. The Kier molecular flexibility index (Phi) is 8.49. The molecule has 0 fully saturated rings. The number of halogens is 1. The van der Waals surface area contributed by atoms with Crippen molar-refractivity contribution in [3.05, 3.63) is 72.2 Å². The molecule has 2 aromatic rings. The zero-order valence-corrected chi connectivity index (χ0v) is 21.2. The Balaban J connectivity index is 2.13. The highest BCUT2D eigenvalue weighted by molar-refractivity contribution is 9.10. The summed E-state index contributed by atoms with van der Waals surface area (Å²) in [5.74, 6) is -0.710. The van der Waals surface area contributed by atoms with Crippen LogP contribution in [0.2, 0.25) is 0 Å². The van der Waals surface area contributed by atoms with Crippen LogP contribution in [0.25, 0.3) is 0 Å². The van der Waals surface area contributed by atoms with E-state index in [1.165, 1.54) is 30.5 Å².